The first-order valence-corrected chi connectivity index (χ1v) is 6.65. The van der Waals surface area contributed by atoms with Crippen molar-refractivity contribution in [1.29, 1.82) is 0 Å². The van der Waals surface area contributed by atoms with Crippen molar-refractivity contribution in [2.75, 3.05) is 5.88 Å². The highest BCUT2D eigenvalue weighted by molar-refractivity contribution is 6.17. The largest absolute Gasteiger partial charge is 0.353 e. The first kappa shape index (κ1) is 12.8. The van der Waals surface area contributed by atoms with E-state index in [2.05, 4.69) is 12.2 Å². The predicted molar refractivity (Wildman–Crippen MR) is 64.1 cm³/mol. The zero-order valence-corrected chi connectivity index (χ0v) is 10.4. The summed E-state index contributed by atoms with van der Waals surface area (Å²) in [5.41, 5.74) is 0. The van der Waals surface area contributed by atoms with E-state index in [-0.39, 0.29) is 5.91 Å². The molecule has 0 saturated heterocycles. The van der Waals surface area contributed by atoms with E-state index >= 15 is 0 Å². The van der Waals surface area contributed by atoms with Gasteiger partial charge in [0.1, 0.15) is 0 Å². The van der Waals surface area contributed by atoms with Gasteiger partial charge in [-0.05, 0) is 25.2 Å². The van der Waals surface area contributed by atoms with Gasteiger partial charge in [0.25, 0.3) is 0 Å². The molecule has 1 N–H and O–H groups in total. The van der Waals surface area contributed by atoms with Crippen LogP contribution in [0.15, 0.2) is 0 Å². The van der Waals surface area contributed by atoms with Crippen LogP contribution in [0.3, 0.4) is 0 Å². The second-order valence-electron chi connectivity index (χ2n) is 4.50. The second kappa shape index (κ2) is 7.10. The molecule has 2 nitrogen and oxygen atoms in total. The van der Waals surface area contributed by atoms with E-state index < -0.39 is 0 Å². The third-order valence-corrected chi connectivity index (χ3v) is 3.53. The Morgan fingerprint density at radius 3 is 2.93 bits per heavy atom. The maximum Gasteiger partial charge on any atom is 0.220 e. The van der Waals surface area contributed by atoms with Crippen LogP contribution in [0.25, 0.3) is 0 Å². The highest BCUT2D eigenvalue weighted by Gasteiger charge is 2.21. The minimum Gasteiger partial charge on any atom is -0.353 e. The average Bonchev–Trinajstić information content (AvgIpc) is 2.26. The lowest BCUT2D eigenvalue weighted by Crippen LogP contribution is -2.38. The molecular formula is C12H22ClNO. The van der Waals surface area contributed by atoms with E-state index in [9.17, 15) is 4.79 Å². The van der Waals surface area contributed by atoms with Crippen molar-refractivity contribution in [3.05, 3.63) is 0 Å². The fourth-order valence-electron chi connectivity index (χ4n) is 2.32. The fourth-order valence-corrected chi connectivity index (χ4v) is 2.45. The van der Waals surface area contributed by atoms with E-state index in [4.69, 9.17) is 11.6 Å². The van der Waals surface area contributed by atoms with Crippen molar-refractivity contribution < 1.29 is 4.79 Å². The molecule has 0 aromatic rings. The Labute approximate surface area is 97.8 Å². The molecule has 0 spiro atoms. The van der Waals surface area contributed by atoms with Gasteiger partial charge in [-0.3, -0.25) is 4.79 Å². The summed E-state index contributed by atoms with van der Waals surface area (Å²) in [6.07, 6.45) is 7.54. The fraction of sp³-hybridized carbons (Fsp3) is 0.917. The maximum atomic E-state index is 11.5. The maximum absolute atomic E-state index is 11.5. The summed E-state index contributed by atoms with van der Waals surface area (Å²) in [5.74, 6) is 1.57. The lowest BCUT2D eigenvalue weighted by molar-refractivity contribution is -0.122. The van der Waals surface area contributed by atoms with Gasteiger partial charge in [0.15, 0.2) is 0 Å². The van der Waals surface area contributed by atoms with Crippen LogP contribution < -0.4 is 5.32 Å². The summed E-state index contributed by atoms with van der Waals surface area (Å²) in [4.78, 5) is 11.5. The monoisotopic (exact) mass is 231 g/mol. The van der Waals surface area contributed by atoms with E-state index in [0.717, 1.165) is 18.8 Å². The van der Waals surface area contributed by atoms with Gasteiger partial charge >= 0.3 is 0 Å². The first-order valence-electron chi connectivity index (χ1n) is 6.11. The SMILES string of the molecule is CCC1CCCC(NC(=O)CCCCl)C1. The number of halogens is 1. The quantitative estimate of drug-likeness (QED) is 0.724. The van der Waals surface area contributed by atoms with Crippen molar-refractivity contribution in [1.82, 2.24) is 5.32 Å². The van der Waals surface area contributed by atoms with Gasteiger partial charge in [-0.15, -0.1) is 11.6 Å². The summed E-state index contributed by atoms with van der Waals surface area (Å²) < 4.78 is 0. The number of nitrogens with one attached hydrogen (secondary N) is 1. The van der Waals surface area contributed by atoms with Gasteiger partial charge in [-0.25, -0.2) is 0 Å². The minimum absolute atomic E-state index is 0.178. The predicted octanol–water partition coefficient (Wildman–Crippen LogP) is 3.09. The normalized spacial score (nSPS) is 26.3. The van der Waals surface area contributed by atoms with Gasteiger partial charge in [-0.1, -0.05) is 26.2 Å². The van der Waals surface area contributed by atoms with Crippen LogP contribution in [0.1, 0.15) is 51.9 Å². The third-order valence-electron chi connectivity index (χ3n) is 3.26. The summed E-state index contributed by atoms with van der Waals surface area (Å²) in [6, 6.07) is 0.423. The van der Waals surface area contributed by atoms with E-state index in [1.807, 2.05) is 0 Å². The highest BCUT2D eigenvalue weighted by Crippen LogP contribution is 2.26. The molecule has 0 radical (unpaired) electrons. The number of hydrogen-bond donors (Lipinski definition) is 1. The lowest BCUT2D eigenvalue weighted by atomic mass is 9.84. The van der Waals surface area contributed by atoms with Gasteiger partial charge in [-0.2, -0.15) is 0 Å². The molecule has 3 heteroatoms. The number of carbonyl (C=O) groups excluding carboxylic acids is 1. The summed E-state index contributed by atoms with van der Waals surface area (Å²) in [7, 11) is 0. The van der Waals surface area contributed by atoms with Crippen LogP contribution in [0, 0.1) is 5.92 Å². The zero-order valence-electron chi connectivity index (χ0n) is 9.60. The first-order chi connectivity index (χ1) is 7.26. The smallest absolute Gasteiger partial charge is 0.220 e. The molecule has 1 fully saturated rings. The minimum atomic E-state index is 0.178. The van der Waals surface area contributed by atoms with Crippen LogP contribution >= 0.6 is 11.6 Å². The molecule has 1 amide bonds. The molecule has 0 aliphatic heterocycles. The van der Waals surface area contributed by atoms with Crippen LogP contribution in [0.2, 0.25) is 0 Å². The second-order valence-corrected chi connectivity index (χ2v) is 4.88. The standard InChI is InChI=1S/C12H22ClNO/c1-2-10-5-3-6-11(9-10)14-12(15)7-4-8-13/h10-11H,2-9H2,1H3,(H,14,15). The van der Waals surface area contributed by atoms with Crippen molar-refractivity contribution in [3.8, 4) is 0 Å². The topological polar surface area (TPSA) is 29.1 Å². The summed E-state index contributed by atoms with van der Waals surface area (Å²) in [5, 5.41) is 3.12. The number of hydrogen-bond acceptors (Lipinski definition) is 1. The lowest BCUT2D eigenvalue weighted by Gasteiger charge is -2.29. The van der Waals surface area contributed by atoms with E-state index in [1.165, 1.54) is 25.7 Å². The molecular weight excluding hydrogens is 210 g/mol. The number of alkyl halides is 1. The molecule has 2 atom stereocenters. The van der Waals surface area contributed by atoms with Crippen molar-refractivity contribution in [2.45, 2.75) is 57.9 Å². The van der Waals surface area contributed by atoms with Crippen LogP contribution in [0.5, 0.6) is 0 Å². The van der Waals surface area contributed by atoms with Gasteiger partial charge < -0.3 is 5.32 Å². The van der Waals surface area contributed by atoms with Crippen LogP contribution in [-0.2, 0) is 4.79 Å². The van der Waals surface area contributed by atoms with Gasteiger partial charge in [0.2, 0.25) is 5.91 Å². The molecule has 1 rings (SSSR count). The number of rotatable bonds is 5. The Kier molecular flexibility index (Phi) is 6.07. The van der Waals surface area contributed by atoms with Crippen molar-refractivity contribution in [2.24, 2.45) is 5.92 Å². The van der Waals surface area contributed by atoms with Crippen molar-refractivity contribution in [3.63, 3.8) is 0 Å². The number of carbonyl (C=O) groups is 1. The summed E-state index contributed by atoms with van der Waals surface area (Å²) >= 11 is 5.55. The molecule has 0 bridgehead atoms. The Morgan fingerprint density at radius 1 is 1.47 bits per heavy atom. The Balaban J connectivity index is 2.22. The molecule has 0 aromatic heterocycles. The third kappa shape index (κ3) is 4.87. The zero-order chi connectivity index (χ0) is 11.1. The molecule has 0 heterocycles. The van der Waals surface area contributed by atoms with Crippen molar-refractivity contribution >= 4 is 17.5 Å². The molecule has 88 valence electrons. The van der Waals surface area contributed by atoms with E-state index in [0.29, 0.717) is 18.3 Å². The molecule has 2 unspecified atom stereocenters. The highest BCUT2D eigenvalue weighted by atomic mass is 35.5. The molecule has 0 aromatic carbocycles. The van der Waals surface area contributed by atoms with E-state index in [1.54, 1.807) is 0 Å². The molecule has 1 saturated carbocycles. The van der Waals surface area contributed by atoms with Crippen LogP contribution in [0.4, 0.5) is 0 Å². The Morgan fingerprint density at radius 2 is 2.27 bits per heavy atom. The molecule has 1 aliphatic carbocycles. The summed E-state index contributed by atoms with van der Waals surface area (Å²) in [6.45, 7) is 2.24. The Bertz CT molecular complexity index is 196. The number of amides is 1. The van der Waals surface area contributed by atoms with Gasteiger partial charge in [0.05, 0.1) is 0 Å². The Hall–Kier alpha value is -0.240. The molecule has 1 aliphatic rings. The average molecular weight is 232 g/mol. The van der Waals surface area contributed by atoms with Crippen LogP contribution in [-0.4, -0.2) is 17.8 Å². The molecule has 15 heavy (non-hydrogen) atoms. The van der Waals surface area contributed by atoms with Gasteiger partial charge in [0, 0.05) is 18.3 Å².